The summed E-state index contributed by atoms with van der Waals surface area (Å²) in [5, 5.41) is 13.4. The van der Waals surface area contributed by atoms with E-state index in [-0.39, 0.29) is 24.6 Å². The van der Waals surface area contributed by atoms with Crippen molar-refractivity contribution in [3.63, 3.8) is 0 Å². The standard InChI is InChI=1S/C24H29N5O7/c1-2-3-13-35-24(32)27-19(23(31)28-12-4-5-20(28)22(25)30)14-16-6-9-18(10-7-16)36-21-11-8-17(15-26-21)29(33)34/h6-11,15,19-20H,2-5,12-14H2,1H3,(H2,25,30)(H,27,32)/t19-,20?/m0/s1. The monoisotopic (exact) mass is 499 g/mol. The number of pyridine rings is 1. The summed E-state index contributed by atoms with van der Waals surface area (Å²) < 4.78 is 10.8. The van der Waals surface area contributed by atoms with Gasteiger partial charge in [0.05, 0.1) is 11.5 Å². The highest BCUT2D eigenvalue weighted by Crippen LogP contribution is 2.23. The average Bonchev–Trinajstić information content (AvgIpc) is 3.35. The summed E-state index contributed by atoms with van der Waals surface area (Å²) in [5.41, 5.74) is 6.04. The van der Waals surface area contributed by atoms with Crippen molar-refractivity contribution >= 4 is 23.6 Å². The van der Waals surface area contributed by atoms with Crippen molar-refractivity contribution in [3.05, 3.63) is 58.3 Å². The van der Waals surface area contributed by atoms with Gasteiger partial charge >= 0.3 is 6.09 Å². The molecule has 0 bridgehead atoms. The Labute approximate surface area is 207 Å². The van der Waals surface area contributed by atoms with E-state index in [0.717, 1.165) is 18.2 Å². The largest absolute Gasteiger partial charge is 0.450 e. The number of rotatable bonds is 11. The van der Waals surface area contributed by atoms with E-state index in [2.05, 4.69) is 10.3 Å². The second kappa shape index (κ2) is 12.5. The Bertz CT molecular complexity index is 1080. The van der Waals surface area contributed by atoms with E-state index < -0.39 is 34.9 Å². The van der Waals surface area contributed by atoms with Gasteiger partial charge in [-0.25, -0.2) is 9.78 Å². The maximum absolute atomic E-state index is 13.3. The van der Waals surface area contributed by atoms with Crippen LogP contribution in [0.15, 0.2) is 42.6 Å². The zero-order valence-corrected chi connectivity index (χ0v) is 19.9. The van der Waals surface area contributed by atoms with E-state index in [4.69, 9.17) is 15.2 Å². The number of nitrogens with zero attached hydrogens (tertiary/aromatic N) is 3. The first kappa shape index (κ1) is 26.4. The van der Waals surface area contributed by atoms with Crippen LogP contribution in [-0.4, -0.2) is 58.0 Å². The highest BCUT2D eigenvalue weighted by Gasteiger charge is 2.36. The van der Waals surface area contributed by atoms with Crippen LogP contribution >= 0.6 is 0 Å². The van der Waals surface area contributed by atoms with E-state index in [1.54, 1.807) is 24.3 Å². The Morgan fingerprint density at radius 1 is 1.25 bits per heavy atom. The molecule has 1 saturated heterocycles. The molecule has 1 aromatic heterocycles. The van der Waals surface area contributed by atoms with Gasteiger partial charge in [-0.3, -0.25) is 19.7 Å². The number of alkyl carbamates (subject to hydrolysis) is 1. The molecule has 3 N–H and O–H groups in total. The number of nitrogens with one attached hydrogen (secondary N) is 1. The number of hydrogen-bond donors (Lipinski definition) is 2. The predicted molar refractivity (Wildman–Crippen MR) is 128 cm³/mol. The number of primary amides is 1. The molecule has 3 rings (SSSR count). The van der Waals surface area contributed by atoms with Crippen LogP contribution in [0.4, 0.5) is 10.5 Å². The van der Waals surface area contributed by atoms with Gasteiger partial charge in [0.1, 0.15) is 24.0 Å². The summed E-state index contributed by atoms with van der Waals surface area (Å²) in [6.45, 7) is 2.58. The molecule has 0 saturated carbocycles. The number of likely N-dealkylation sites (tertiary alicyclic amines) is 1. The number of nitrogens with two attached hydrogens (primary N) is 1. The highest BCUT2D eigenvalue weighted by molar-refractivity contribution is 5.91. The molecule has 0 radical (unpaired) electrons. The molecule has 1 aliphatic rings. The molecule has 192 valence electrons. The lowest BCUT2D eigenvalue weighted by molar-refractivity contribution is -0.385. The van der Waals surface area contributed by atoms with Gasteiger partial charge in [-0.05, 0) is 37.0 Å². The van der Waals surface area contributed by atoms with Crippen LogP contribution in [0.25, 0.3) is 0 Å². The number of amides is 3. The summed E-state index contributed by atoms with van der Waals surface area (Å²) in [4.78, 5) is 52.9. The lowest BCUT2D eigenvalue weighted by atomic mass is 10.0. The lowest BCUT2D eigenvalue weighted by Crippen LogP contribution is -2.53. The van der Waals surface area contributed by atoms with E-state index in [9.17, 15) is 24.5 Å². The summed E-state index contributed by atoms with van der Waals surface area (Å²) in [6, 6.07) is 7.77. The van der Waals surface area contributed by atoms with Gasteiger partial charge in [-0.1, -0.05) is 25.5 Å². The van der Waals surface area contributed by atoms with E-state index in [0.29, 0.717) is 31.6 Å². The smallest absolute Gasteiger partial charge is 0.407 e. The van der Waals surface area contributed by atoms with Crippen LogP contribution in [0.2, 0.25) is 0 Å². The van der Waals surface area contributed by atoms with Crippen LogP contribution in [0.5, 0.6) is 11.6 Å². The van der Waals surface area contributed by atoms with Crippen LogP contribution in [0.3, 0.4) is 0 Å². The molecular weight excluding hydrogens is 470 g/mol. The number of nitro groups is 1. The molecule has 1 aliphatic heterocycles. The topological polar surface area (TPSA) is 167 Å². The van der Waals surface area contributed by atoms with Gasteiger partial charge in [0, 0.05) is 25.1 Å². The third-order valence-corrected chi connectivity index (χ3v) is 5.70. The number of unbranched alkanes of at least 4 members (excludes halogenated alkanes) is 1. The predicted octanol–water partition coefficient (Wildman–Crippen LogP) is 2.70. The molecule has 1 unspecified atom stereocenters. The van der Waals surface area contributed by atoms with Gasteiger partial charge in [0.2, 0.25) is 17.7 Å². The highest BCUT2D eigenvalue weighted by atomic mass is 16.6. The molecule has 12 nitrogen and oxygen atoms in total. The number of hydrogen-bond acceptors (Lipinski definition) is 8. The SMILES string of the molecule is CCCCOC(=O)N[C@@H](Cc1ccc(Oc2ccc([N+](=O)[O-])cn2)cc1)C(=O)N1CCCC1C(N)=O. The number of carbonyl (C=O) groups is 3. The fourth-order valence-electron chi connectivity index (χ4n) is 3.81. The normalized spacial score (nSPS) is 15.7. The maximum atomic E-state index is 13.3. The Hall–Kier alpha value is -4.22. The molecule has 1 fully saturated rings. The van der Waals surface area contributed by atoms with Gasteiger partial charge in [-0.2, -0.15) is 0 Å². The third kappa shape index (κ3) is 7.14. The van der Waals surface area contributed by atoms with Gasteiger partial charge in [-0.15, -0.1) is 0 Å². The van der Waals surface area contributed by atoms with Crippen molar-refractivity contribution in [2.24, 2.45) is 5.73 Å². The third-order valence-electron chi connectivity index (χ3n) is 5.70. The molecule has 2 aromatic rings. The Kier molecular flexibility index (Phi) is 9.14. The summed E-state index contributed by atoms with van der Waals surface area (Å²) >= 11 is 0. The summed E-state index contributed by atoms with van der Waals surface area (Å²) in [7, 11) is 0. The molecule has 2 heterocycles. The molecule has 1 aromatic carbocycles. The quantitative estimate of drug-likeness (QED) is 0.270. The first-order chi connectivity index (χ1) is 17.3. The number of ether oxygens (including phenoxy) is 2. The van der Waals surface area contributed by atoms with E-state index in [1.807, 2.05) is 6.92 Å². The van der Waals surface area contributed by atoms with E-state index in [1.165, 1.54) is 17.0 Å². The first-order valence-electron chi connectivity index (χ1n) is 11.7. The number of benzene rings is 1. The number of aromatic nitrogens is 1. The van der Waals surface area contributed by atoms with E-state index >= 15 is 0 Å². The fraction of sp³-hybridized carbons (Fsp3) is 0.417. The van der Waals surface area contributed by atoms with Crippen LogP contribution in [0.1, 0.15) is 38.2 Å². The molecule has 0 spiro atoms. The van der Waals surface area contributed by atoms with Crippen LogP contribution in [0, 0.1) is 10.1 Å². The average molecular weight is 500 g/mol. The van der Waals surface area contributed by atoms with Crippen molar-refractivity contribution < 1.29 is 28.8 Å². The summed E-state index contributed by atoms with van der Waals surface area (Å²) in [6.07, 6.45) is 3.23. The fourth-order valence-corrected chi connectivity index (χ4v) is 3.81. The molecule has 0 aliphatic carbocycles. The Morgan fingerprint density at radius 3 is 2.61 bits per heavy atom. The Balaban J connectivity index is 1.70. The molecular formula is C24H29N5O7. The van der Waals surface area contributed by atoms with Crippen molar-refractivity contribution in [1.82, 2.24) is 15.2 Å². The van der Waals surface area contributed by atoms with Gasteiger partial charge < -0.3 is 25.4 Å². The van der Waals surface area contributed by atoms with Gasteiger partial charge in [0.15, 0.2) is 0 Å². The second-order valence-corrected chi connectivity index (χ2v) is 8.34. The first-order valence-corrected chi connectivity index (χ1v) is 11.7. The van der Waals surface area contributed by atoms with Crippen molar-refractivity contribution in [2.45, 2.75) is 51.1 Å². The minimum atomic E-state index is -0.956. The maximum Gasteiger partial charge on any atom is 0.407 e. The van der Waals surface area contributed by atoms with Crippen molar-refractivity contribution in [2.75, 3.05) is 13.2 Å². The molecule has 3 amide bonds. The summed E-state index contributed by atoms with van der Waals surface area (Å²) in [5.74, 6) is -0.363. The molecule has 2 atom stereocenters. The van der Waals surface area contributed by atoms with Crippen molar-refractivity contribution in [1.29, 1.82) is 0 Å². The van der Waals surface area contributed by atoms with Crippen molar-refractivity contribution in [3.8, 4) is 11.6 Å². The zero-order valence-electron chi connectivity index (χ0n) is 19.9. The van der Waals surface area contributed by atoms with Crippen LogP contribution < -0.4 is 15.8 Å². The second-order valence-electron chi connectivity index (χ2n) is 8.34. The lowest BCUT2D eigenvalue weighted by Gasteiger charge is -2.27. The number of carbonyl (C=O) groups excluding carboxylic acids is 3. The minimum Gasteiger partial charge on any atom is -0.450 e. The molecule has 12 heteroatoms. The van der Waals surface area contributed by atoms with Gasteiger partial charge in [0.25, 0.3) is 5.69 Å². The Morgan fingerprint density at radius 2 is 2.00 bits per heavy atom. The zero-order chi connectivity index (χ0) is 26.1. The minimum absolute atomic E-state index is 0.147. The van der Waals surface area contributed by atoms with Crippen LogP contribution in [-0.2, 0) is 20.7 Å². The molecule has 36 heavy (non-hydrogen) atoms.